The van der Waals surface area contributed by atoms with Crippen LogP contribution in [0, 0.1) is 17.1 Å². The largest absolute Gasteiger partial charge is 0.490 e. The molecule has 4 aromatic carbocycles. The van der Waals surface area contributed by atoms with E-state index >= 15 is 0 Å². The molecule has 230 valence electrons. The predicted octanol–water partition coefficient (Wildman–Crippen LogP) is 7.70. The van der Waals surface area contributed by atoms with Crippen LogP contribution >= 0.6 is 23.2 Å². The summed E-state index contributed by atoms with van der Waals surface area (Å²) < 4.78 is 42.6. The van der Waals surface area contributed by atoms with Crippen LogP contribution in [0.3, 0.4) is 0 Å². The van der Waals surface area contributed by atoms with E-state index < -0.39 is 23.8 Å². The van der Waals surface area contributed by atoms with Gasteiger partial charge in [-0.1, -0.05) is 53.5 Å². The molecule has 4 aromatic rings. The van der Waals surface area contributed by atoms with Gasteiger partial charge < -0.3 is 29.4 Å². The molecule has 5 rings (SSSR count). The normalized spacial score (nSPS) is 14.4. The van der Waals surface area contributed by atoms with E-state index in [-0.39, 0.29) is 29.6 Å². The molecule has 0 bridgehead atoms. The first-order valence-corrected chi connectivity index (χ1v) is 14.6. The van der Waals surface area contributed by atoms with Gasteiger partial charge in [-0.3, -0.25) is 0 Å². The fourth-order valence-electron chi connectivity index (χ4n) is 4.71. The Balaban J connectivity index is 1.39. The van der Waals surface area contributed by atoms with E-state index in [0.29, 0.717) is 45.0 Å². The van der Waals surface area contributed by atoms with Crippen molar-refractivity contribution in [3.8, 4) is 34.8 Å². The number of hydrogen-bond acceptors (Lipinski definition) is 8. The SMILES string of the molecule is CCOc1cc(C2C(C#N)=C(N)Oc3cc(OC(=O)C(C)Oc4ccccc4F)ccc32)ccc1OCc1ccc(Cl)cc1Cl. The van der Waals surface area contributed by atoms with Gasteiger partial charge in [0, 0.05) is 27.2 Å². The highest BCUT2D eigenvalue weighted by Crippen LogP contribution is 2.45. The number of esters is 1. The smallest absolute Gasteiger partial charge is 0.352 e. The lowest BCUT2D eigenvalue weighted by atomic mass is 9.83. The third kappa shape index (κ3) is 7.09. The summed E-state index contributed by atoms with van der Waals surface area (Å²) in [5.41, 5.74) is 8.44. The number of nitrogens with zero attached hydrogens (tertiary/aromatic N) is 1. The summed E-state index contributed by atoms with van der Waals surface area (Å²) in [6.45, 7) is 3.84. The Hall–Kier alpha value is -4.91. The van der Waals surface area contributed by atoms with Crippen molar-refractivity contribution in [3.05, 3.63) is 123 Å². The number of rotatable bonds is 10. The summed E-state index contributed by atoms with van der Waals surface area (Å²) in [7, 11) is 0. The van der Waals surface area contributed by atoms with E-state index in [2.05, 4.69) is 6.07 Å². The third-order valence-electron chi connectivity index (χ3n) is 6.88. The standard InChI is InChI=1S/C34H27Cl2FN2O6/c1-3-41-31-14-20(9-13-29(31)42-18-21-8-10-22(35)15-26(21)36)32-24-12-11-23(16-30(24)45-33(39)25(32)17-38)44-34(40)19(2)43-28-7-5-4-6-27(28)37/h4-16,19,32H,3,18,39H2,1-2H3. The average molecular weight is 650 g/mol. The summed E-state index contributed by atoms with van der Waals surface area (Å²) in [6, 6.07) is 23.1. The van der Waals surface area contributed by atoms with E-state index in [9.17, 15) is 14.4 Å². The number of benzene rings is 4. The molecule has 0 saturated heterocycles. The van der Waals surface area contributed by atoms with Gasteiger partial charge in [0.25, 0.3) is 0 Å². The fraction of sp³-hybridized carbons (Fsp3) is 0.176. The van der Waals surface area contributed by atoms with Crippen LogP contribution in [0.1, 0.15) is 36.5 Å². The van der Waals surface area contributed by atoms with Crippen molar-refractivity contribution in [2.45, 2.75) is 32.5 Å². The van der Waals surface area contributed by atoms with E-state index in [0.717, 1.165) is 5.56 Å². The van der Waals surface area contributed by atoms with Crippen LogP contribution in [-0.2, 0) is 11.4 Å². The number of ether oxygens (including phenoxy) is 5. The number of fused-ring (bicyclic) bond motifs is 1. The molecule has 11 heteroatoms. The second-order valence-corrected chi connectivity index (χ2v) is 10.7. The molecule has 45 heavy (non-hydrogen) atoms. The zero-order valence-electron chi connectivity index (χ0n) is 24.2. The minimum Gasteiger partial charge on any atom is -0.490 e. The number of hydrogen-bond donors (Lipinski definition) is 1. The van der Waals surface area contributed by atoms with E-state index in [1.165, 1.54) is 31.2 Å². The lowest BCUT2D eigenvalue weighted by Gasteiger charge is -2.27. The molecule has 0 amide bonds. The quantitative estimate of drug-likeness (QED) is 0.137. The van der Waals surface area contributed by atoms with E-state index in [1.54, 1.807) is 54.6 Å². The number of nitrogens with two attached hydrogens (primary N) is 1. The topological polar surface area (TPSA) is 113 Å². The zero-order valence-corrected chi connectivity index (χ0v) is 25.7. The van der Waals surface area contributed by atoms with Crippen LogP contribution in [0.4, 0.5) is 4.39 Å². The molecular weight excluding hydrogens is 622 g/mol. The molecule has 0 radical (unpaired) electrons. The van der Waals surface area contributed by atoms with Crippen LogP contribution < -0.4 is 29.4 Å². The van der Waals surface area contributed by atoms with Crippen molar-refractivity contribution >= 4 is 29.2 Å². The van der Waals surface area contributed by atoms with E-state index in [1.807, 2.05) is 6.92 Å². The minimum absolute atomic E-state index is 0.0721. The molecule has 0 fully saturated rings. The summed E-state index contributed by atoms with van der Waals surface area (Å²) >= 11 is 12.3. The number of para-hydroxylation sites is 1. The molecule has 2 atom stereocenters. The molecule has 1 aliphatic heterocycles. The molecule has 1 heterocycles. The summed E-state index contributed by atoms with van der Waals surface area (Å²) in [5, 5.41) is 11.0. The van der Waals surface area contributed by atoms with Crippen LogP contribution in [0.25, 0.3) is 0 Å². The molecule has 0 spiro atoms. The van der Waals surface area contributed by atoms with Crippen molar-refractivity contribution in [3.63, 3.8) is 0 Å². The zero-order chi connectivity index (χ0) is 32.1. The van der Waals surface area contributed by atoms with Gasteiger partial charge in [0.2, 0.25) is 5.88 Å². The molecular formula is C34H27Cl2FN2O6. The number of allylic oxidation sites excluding steroid dienone is 1. The Morgan fingerprint density at radius 3 is 2.56 bits per heavy atom. The highest BCUT2D eigenvalue weighted by molar-refractivity contribution is 6.35. The maximum atomic E-state index is 14.0. The van der Waals surface area contributed by atoms with Crippen molar-refractivity contribution in [1.82, 2.24) is 0 Å². The summed E-state index contributed by atoms with van der Waals surface area (Å²) in [4.78, 5) is 12.7. The van der Waals surface area contributed by atoms with Gasteiger partial charge >= 0.3 is 5.97 Å². The van der Waals surface area contributed by atoms with Gasteiger partial charge in [0.05, 0.1) is 12.5 Å². The number of carbonyl (C=O) groups is 1. The Bertz CT molecular complexity index is 1820. The Morgan fingerprint density at radius 2 is 1.82 bits per heavy atom. The molecule has 2 N–H and O–H groups in total. The molecule has 2 unspecified atom stereocenters. The predicted molar refractivity (Wildman–Crippen MR) is 166 cm³/mol. The molecule has 0 saturated carbocycles. The lowest BCUT2D eigenvalue weighted by Crippen LogP contribution is -2.29. The van der Waals surface area contributed by atoms with Crippen LogP contribution in [0.2, 0.25) is 10.0 Å². The van der Waals surface area contributed by atoms with Crippen molar-refractivity contribution in [1.29, 1.82) is 5.26 Å². The molecule has 0 aliphatic carbocycles. The van der Waals surface area contributed by atoms with Crippen LogP contribution in [0.15, 0.2) is 90.3 Å². The third-order valence-corrected chi connectivity index (χ3v) is 7.47. The van der Waals surface area contributed by atoms with Gasteiger partial charge in [0.15, 0.2) is 29.2 Å². The molecule has 1 aliphatic rings. The maximum absolute atomic E-state index is 14.0. The van der Waals surface area contributed by atoms with Gasteiger partial charge in [0.1, 0.15) is 29.7 Å². The number of nitriles is 1. The summed E-state index contributed by atoms with van der Waals surface area (Å²) in [5.74, 6) is -0.757. The first-order valence-electron chi connectivity index (χ1n) is 13.9. The van der Waals surface area contributed by atoms with Gasteiger partial charge in [-0.05, 0) is 61.9 Å². The Labute approximate surface area is 269 Å². The number of halogens is 3. The highest BCUT2D eigenvalue weighted by atomic mass is 35.5. The van der Waals surface area contributed by atoms with Gasteiger partial charge in [-0.15, -0.1) is 0 Å². The van der Waals surface area contributed by atoms with Gasteiger partial charge in [-0.25, -0.2) is 9.18 Å². The second kappa shape index (κ2) is 13.8. The summed E-state index contributed by atoms with van der Waals surface area (Å²) in [6.07, 6.45) is -1.10. The monoisotopic (exact) mass is 648 g/mol. The first kappa shape index (κ1) is 31.5. The molecule has 8 nitrogen and oxygen atoms in total. The van der Waals surface area contributed by atoms with Crippen molar-refractivity contribution < 1.29 is 32.9 Å². The second-order valence-electron chi connectivity index (χ2n) is 9.90. The van der Waals surface area contributed by atoms with E-state index in [4.69, 9.17) is 52.6 Å². The number of carbonyl (C=O) groups excluding carboxylic acids is 1. The van der Waals surface area contributed by atoms with Crippen molar-refractivity contribution in [2.75, 3.05) is 6.61 Å². The molecule has 0 aromatic heterocycles. The highest BCUT2D eigenvalue weighted by Gasteiger charge is 2.32. The fourth-order valence-corrected chi connectivity index (χ4v) is 5.17. The van der Waals surface area contributed by atoms with Crippen molar-refractivity contribution in [2.24, 2.45) is 5.73 Å². The average Bonchev–Trinajstić information content (AvgIpc) is 3.01. The Morgan fingerprint density at radius 1 is 1.02 bits per heavy atom. The first-order chi connectivity index (χ1) is 21.7. The maximum Gasteiger partial charge on any atom is 0.352 e. The van der Waals surface area contributed by atoms with Crippen LogP contribution in [-0.4, -0.2) is 18.7 Å². The van der Waals surface area contributed by atoms with Gasteiger partial charge in [-0.2, -0.15) is 5.26 Å². The minimum atomic E-state index is -1.10. The van der Waals surface area contributed by atoms with Crippen LogP contribution in [0.5, 0.6) is 28.7 Å². The Kier molecular flexibility index (Phi) is 9.67. The lowest BCUT2D eigenvalue weighted by molar-refractivity contribution is -0.141.